The van der Waals surface area contributed by atoms with Crippen LogP contribution in [0.4, 0.5) is 0 Å². The van der Waals surface area contributed by atoms with Crippen molar-refractivity contribution in [3.05, 3.63) is 65.1 Å². The summed E-state index contributed by atoms with van der Waals surface area (Å²) < 4.78 is 42.6. The Kier molecular flexibility index (Phi) is 9.87. The molecule has 3 saturated heterocycles. The third kappa shape index (κ3) is 6.54. The van der Waals surface area contributed by atoms with Crippen molar-refractivity contribution in [2.75, 3.05) is 41.0 Å². The van der Waals surface area contributed by atoms with Crippen LogP contribution in [0, 0.1) is 0 Å². The summed E-state index contributed by atoms with van der Waals surface area (Å²) in [5, 5.41) is 11.9. The van der Waals surface area contributed by atoms with E-state index in [1.54, 1.807) is 47.0 Å². The quantitative estimate of drug-likeness (QED) is 0.0958. The molecule has 3 aliphatic rings. The molecular formula is C43H42N4O11. The highest BCUT2D eigenvalue weighted by molar-refractivity contribution is 6.22. The molecule has 0 aliphatic carbocycles. The Morgan fingerprint density at radius 1 is 0.621 bits per heavy atom. The molecule has 3 aliphatic heterocycles. The minimum Gasteiger partial charge on any atom is -0.493 e. The fraction of sp³-hybridized carbons (Fsp3) is 0.349. The van der Waals surface area contributed by atoms with Gasteiger partial charge in [-0.2, -0.15) is 0 Å². The first-order valence-electron chi connectivity index (χ1n) is 19.4. The van der Waals surface area contributed by atoms with E-state index in [1.165, 1.54) is 27.4 Å². The van der Waals surface area contributed by atoms with Crippen LogP contribution in [0.25, 0.3) is 49.3 Å². The summed E-state index contributed by atoms with van der Waals surface area (Å²) in [6.07, 6.45) is 6.35. The number of ether oxygens (including phenoxy) is 6. The maximum atomic E-state index is 14.2. The molecule has 3 fully saturated rings. The normalized spacial score (nSPS) is 19.3. The number of pyridine rings is 1. The molecule has 3 N–H and O–H groups in total. The van der Waals surface area contributed by atoms with E-state index in [2.05, 4.69) is 16.0 Å². The first kappa shape index (κ1) is 37.4. The number of aromatic nitrogens is 1. The molecule has 0 bridgehead atoms. The molecule has 0 radical (unpaired) electrons. The number of benzene rings is 3. The lowest BCUT2D eigenvalue weighted by Gasteiger charge is -2.16. The van der Waals surface area contributed by atoms with Gasteiger partial charge in [0, 0.05) is 34.0 Å². The van der Waals surface area contributed by atoms with Crippen molar-refractivity contribution in [3.8, 4) is 45.6 Å². The molecule has 3 aromatic carbocycles. The van der Waals surface area contributed by atoms with Gasteiger partial charge >= 0.3 is 23.5 Å². The van der Waals surface area contributed by atoms with Gasteiger partial charge in [-0.15, -0.1) is 0 Å². The summed E-state index contributed by atoms with van der Waals surface area (Å²) in [6, 6.07) is 12.5. The summed E-state index contributed by atoms with van der Waals surface area (Å²) >= 11 is 0. The van der Waals surface area contributed by atoms with E-state index in [0.717, 1.165) is 32.4 Å². The molecule has 0 amide bonds. The van der Waals surface area contributed by atoms with E-state index in [4.69, 9.17) is 32.8 Å². The highest BCUT2D eigenvalue weighted by Crippen LogP contribution is 2.46. The van der Waals surface area contributed by atoms with E-state index in [1.807, 2.05) is 6.07 Å². The smallest absolute Gasteiger partial charge is 0.361 e. The van der Waals surface area contributed by atoms with Crippen molar-refractivity contribution in [2.24, 2.45) is 0 Å². The molecule has 3 aromatic heterocycles. The highest BCUT2D eigenvalue weighted by atomic mass is 16.6. The van der Waals surface area contributed by atoms with Crippen LogP contribution >= 0.6 is 0 Å². The summed E-state index contributed by atoms with van der Waals surface area (Å²) in [5.74, 6) is 0.194. The molecule has 0 spiro atoms. The van der Waals surface area contributed by atoms with E-state index in [-0.39, 0.29) is 34.1 Å². The maximum Gasteiger partial charge on any atom is 0.361 e. The topological polar surface area (TPSA) is 177 Å². The number of rotatable bonds is 10. The zero-order valence-corrected chi connectivity index (χ0v) is 32.2. The van der Waals surface area contributed by atoms with Gasteiger partial charge in [-0.25, -0.2) is 19.2 Å². The summed E-state index contributed by atoms with van der Waals surface area (Å²) in [5.41, 5.74) is 1.57. The number of methoxy groups -OCH3 is 3. The monoisotopic (exact) mass is 790 g/mol. The van der Waals surface area contributed by atoms with Crippen molar-refractivity contribution in [3.63, 3.8) is 0 Å². The van der Waals surface area contributed by atoms with Crippen LogP contribution in [0.15, 0.2) is 63.9 Å². The van der Waals surface area contributed by atoms with Crippen molar-refractivity contribution >= 4 is 56.1 Å². The number of fused-ring (bicyclic) bond motifs is 7. The van der Waals surface area contributed by atoms with E-state index in [0.29, 0.717) is 75.5 Å². The van der Waals surface area contributed by atoms with Crippen molar-refractivity contribution in [1.29, 1.82) is 0 Å². The van der Waals surface area contributed by atoms with Crippen LogP contribution in [0.2, 0.25) is 0 Å². The number of esters is 3. The van der Waals surface area contributed by atoms with E-state index in [9.17, 15) is 19.2 Å². The zero-order chi connectivity index (χ0) is 40.1. The average molecular weight is 791 g/mol. The lowest BCUT2D eigenvalue weighted by Crippen LogP contribution is -2.34. The molecule has 0 saturated carbocycles. The van der Waals surface area contributed by atoms with Gasteiger partial charge in [-0.1, -0.05) is 6.07 Å². The average Bonchev–Trinajstić information content (AvgIpc) is 4.08. The minimum atomic E-state index is -0.647. The number of carbonyl (C=O) groups is 3. The molecule has 6 aromatic rings. The number of hydrogen-bond acceptors (Lipinski definition) is 14. The third-order valence-electron chi connectivity index (χ3n) is 11.2. The van der Waals surface area contributed by atoms with Gasteiger partial charge in [0.05, 0.1) is 26.8 Å². The first-order chi connectivity index (χ1) is 28.3. The Balaban J connectivity index is 1.28. The molecule has 58 heavy (non-hydrogen) atoms. The van der Waals surface area contributed by atoms with Crippen LogP contribution in [-0.4, -0.2) is 81.4 Å². The second-order valence-electron chi connectivity index (χ2n) is 14.7. The van der Waals surface area contributed by atoms with Gasteiger partial charge in [0.15, 0.2) is 34.5 Å². The van der Waals surface area contributed by atoms with Gasteiger partial charge in [0.25, 0.3) is 0 Å². The fourth-order valence-corrected chi connectivity index (χ4v) is 8.37. The summed E-state index contributed by atoms with van der Waals surface area (Å²) in [4.78, 5) is 53.5. The Hall–Kier alpha value is -6.16. The fourth-order valence-electron chi connectivity index (χ4n) is 8.37. The van der Waals surface area contributed by atoms with Crippen LogP contribution in [0.5, 0.6) is 34.5 Å². The van der Waals surface area contributed by atoms with Crippen molar-refractivity contribution < 1.29 is 47.2 Å². The predicted octanol–water partition coefficient (Wildman–Crippen LogP) is 5.02. The lowest BCUT2D eigenvalue weighted by atomic mass is 9.97. The van der Waals surface area contributed by atoms with Crippen LogP contribution in [0.1, 0.15) is 38.5 Å². The zero-order valence-electron chi connectivity index (χ0n) is 32.2. The maximum absolute atomic E-state index is 14.2. The molecule has 9 rings (SSSR count). The molecule has 6 heterocycles. The first-order valence-corrected chi connectivity index (χ1v) is 19.4. The number of carbonyl (C=O) groups excluding carboxylic acids is 3. The molecular weight excluding hydrogens is 748 g/mol. The van der Waals surface area contributed by atoms with Gasteiger partial charge < -0.3 is 53.2 Å². The summed E-state index contributed by atoms with van der Waals surface area (Å²) in [6.45, 7) is 2.19. The molecule has 300 valence electrons. The van der Waals surface area contributed by atoms with E-state index < -0.39 is 41.7 Å². The second kappa shape index (κ2) is 15.3. The van der Waals surface area contributed by atoms with Gasteiger partial charge in [-0.05, 0) is 106 Å². The van der Waals surface area contributed by atoms with Gasteiger partial charge in [0.2, 0.25) is 0 Å². The number of nitrogens with one attached hydrogen (secondary N) is 3. The number of hydrogen-bond donors (Lipinski definition) is 3. The third-order valence-corrected chi connectivity index (χ3v) is 11.2. The Bertz CT molecular complexity index is 2690. The van der Waals surface area contributed by atoms with Gasteiger partial charge in [0.1, 0.15) is 29.2 Å². The standard InChI is InChI=1S/C43H42N4O11/c1-52-31-18-23(10-11-29(31)55-40(48)26-7-4-13-44-26)36-37-25-20-33(54-3)35(58-42(50)28-9-6-15-46-28)21-30(25)56-43(51)39(37)47-16-12-22-17-34(32(53-2)19-24(22)38(36)47)57-41(49)27-8-5-14-45-27/h10-12,16-21,26-28,44-46H,4-9,13-15H2,1-3H3/t26-,27-,28-/m0/s1. The molecule has 3 atom stereocenters. The van der Waals surface area contributed by atoms with Crippen LogP contribution in [-0.2, 0) is 14.4 Å². The number of nitrogens with zero attached hydrogens (tertiary/aromatic N) is 1. The van der Waals surface area contributed by atoms with Crippen molar-refractivity contribution in [1.82, 2.24) is 20.4 Å². The molecule has 15 nitrogen and oxygen atoms in total. The lowest BCUT2D eigenvalue weighted by molar-refractivity contribution is -0.137. The van der Waals surface area contributed by atoms with Gasteiger partial charge in [-0.3, -0.25) is 0 Å². The van der Waals surface area contributed by atoms with E-state index >= 15 is 0 Å². The molecule has 0 unspecified atom stereocenters. The SMILES string of the molecule is COc1cc(-c2c3c4cc(OC)c(OC(=O)[C@@H]5CCCN5)cc4oc(=O)c3n3ccc4cc(OC(=O)[C@@H]5CCCN5)c(OC)cc4c23)ccc1OC(=O)[C@@H]1CCCN1. The minimum absolute atomic E-state index is 0.108. The molecule has 15 heteroatoms. The highest BCUT2D eigenvalue weighted by Gasteiger charge is 2.30. The van der Waals surface area contributed by atoms with Crippen LogP contribution in [0.3, 0.4) is 0 Å². The summed E-state index contributed by atoms with van der Waals surface area (Å²) in [7, 11) is 4.46. The Labute approximate surface area is 331 Å². The predicted molar refractivity (Wildman–Crippen MR) is 214 cm³/mol. The second-order valence-corrected chi connectivity index (χ2v) is 14.7. The Morgan fingerprint density at radius 2 is 1.16 bits per heavy atom. The largest absolute Gasteiger partial charge is 0.493 e. The van der Waals surface area contributed by atoms with Crippen molar-refractivity contribution in [2.45, 2.75) is 56.7 Å². The van der Waals surface area contributed by atoms with Crippen LogP contribution < -0.4 is 50.0 Å². The Morgan fingerprint density at radius 3 is 1.71 bits per heavy atom.